The molecule has 0 bridgehead atoms. The van der Waals surface area contributed by atoms with Gasteiger partial charge in [0.05, 0.1) is 12.7 Å². The van der Waals surface area contributed by atoms with Crippen LogP contribution in [0.1, 0.15) is 10.4 Å². The summed E-state index contributed by atoms with van der Waals surface area (Å²) in [6.45, 7) is 0.837. The summed E-state index contributed by atoms with van der Waals surface area (Å²) in [5, 5.41) is 9.65. The Bertz CT molecular complexity index is 379. The Labute approximate surface area is 94.4 Å². The second kappa shape index (κ2) is 5.37. The normalized spacial score (nSPS) is 9.94. The number of ether oxygens (including phenoxy) is 1. The number of aromatic hydroxyl groups is 1. The Balaban J connectivity index is 2.91. The van der Waals surface area contributed by atoms with Crippen LogP contribution in [0.15, 0.2) is 18.2 Å². The Morgan fingerprint density at radius 2 is 2.25 bits per heavy atom. The number of phenols is 1. The highest BCUT2D eigenvalue weighted by Crippen LogP contribution is 2.24. The Hall–Kier alpha value is -1.75. The largest absolute Gasteiger partial charge is 0.507 e. The predicted molar refractivity (Wildman–Crippen MR) is 60.7 cm³/mol. The van der Waals surface area contributed by atoms with Crippen molar-refractivity contribution >= 4 is 5.91 Å². The van der Waals surface area contributed by atoms with Crippen LogP contribution in [0.3, 0.4) is 0 Å². The summed E-state index contributed by atoms with van der Waals surface area (Å²) in [5.74, 6) is 0.161. The maximum absolute atomic E-state index is 11.8. The van der Waals surface area contributed by atoms with Gasteiger partial charge in [-0.15, -0.1) is 0 Å². The van der Waals surface area contributed by atoms with Gasteiger partial charge in [-0.05, 0) is 12.1 Å². The van der Waals surface area contributed by atoms with Crippen LogP contribution in [0.4, 0.5) is 0 Å². The molecule has 1 rings (SSSR count). The highest BCUT2D eigenvalue weighted by atomic mass is 16.5. The Morgan fingerprint density at radius 1 is 1.56 bits per heavy atom. The predicted octanol–water partition coefficient (Wildman–Crippen LogP) is 0.431. The van der Waals surface area contributed by atoms with Gasteiger partial charge in [-0.25, -0.2) is 0 Å². The molecular formula is C11H16N2O3. The molecule has 1 aromatic rings. The van der Waals surface area contributed by atoms with E-state index in [0.29, 0.717) is 18.8 Å². The molecule has 5 heteroatoms. The molecule has 16 heavy (non-hydrogen) atoms. The summed E-state index contributed by atoms with van der Waals surface area (Å²) in [5.41, 5.74) is 5.60. The highest BCUT2D eigenvalue weighted by molar-refractivity contribution is 5.96. The molecule has 0 heterocycles. The minimum atomic E-state index is -0.259. The fourth-order valence-corrected chi connectivity index (χ4v) is 1.32. The van der Waals surface area contributed by atoms with Gasteiger partial charge in [0.2, 0.25) is 0 Å². The van der Waals surface area contributed by atoms with E-state index in [0.717, 1.165) is 0 Å². The van der Waals surface area contributed by atoms with Crippen molar-refractivity contribution in [2.75, 3.05) is 27.2 Å². The second-order valence-corrected chi connectivity index (χ2v) is 3.40. The summed E-state index contributed by atoms with van der Waals surface area (Å²) in [4.78, 5) is 13.3. The van der Waals surface area contributed by atoms with Gasteiger partial charge in [-0.2, -0.15) is 0 Å². The number of nitrogens with two attached hydrogens (primary N) is 1. The molecule has 5 nitrogen and oxygen atoms in total. The van der Waals surface area contributed by atoms with E-state index < -0.39 is 0 Å². The van der Waals surface area contributed by atoms with Crippen molar-refractivity contribution in [2.45, 2.75) is 0 Å². The van der Waals surface area contributed by atoms with E-state index in [1.807, 2.05) is 0 Å². The first-order valence-corrected chi connectivity index (χ1v) is 4.92. The fraction of sp³-hybridized carbons (Fsp3) is 0.364. The van der Waals surface area contributed by atoms with Crippen LogP contribution < -0.4 is 10.5 Å². The van der Waals surface area contributed by atoms with Gasteiger partial charge in [0, 0.05) is 26.2 Å². The van der Waals surface area contributed by atoms with Gasteiger partial charge in [0.1, 0.15) is 11.5 Å². The van der Waals surface area contributed by atoms with Crippen molar-refractivity contribution in [3.05, 3.63) is 23.8 Å². The number of amides is 1. The molecule has 3 N–H and O–H groups in total. The van der Waals surface area contributed by atoms with E-state index in [1.54, 1.807) is 13.1 Å². The van der Waals surface area contributed by atoms with Crippen molar-refractivity contribution in [3.63, 3.8) is 0 Å². The summed E-state index contributed by atoms with van der Waals surface area (Å²) in [7, 11) is 3.13. The molecule has 88 valence electrons. The lowest BCUT2D eigenvalue weighted by atomic mass is 10.1. The number of nitrogens with zero attached hydrogens (tertiary/aromatic N) is 1. The van der Waals surface area contributed by atoms with Crippen LogP contribution in [0.5, 0.6) is 11.5 Å². The quantitative estimate of drug-likeness (QED) is 0.777. The third kappa shape index (κ3) is 2.64. The molecule has 0 unspecified atom stereocenters. The van der Waals surface area contributed by atoms with Gasteiger partial charge >= 0.3 is 0 Å². The number of likely N-dealkylation sites (N-methyl/N-ethyl adjacent to an activating group) is 1. The molecule has 0 fully saturated rings. The van der Waals surface area contributed by atoms with Gasteiger partial charge in [-0.1, -0.05) is 0 Å². The maximum atomic E-state index is 11.8. The molecule has 1 amide bonds. The van der Waals surface area contributed by atoms with E-state index in [2.05, 4.69) is 0 Å². The average molecular weight is 224 g/mol. The number of carbonyl (C=O) groups is 1. The van der Waals surface area contributed by atoms with Crippen LogP contribution in [0.2, 0.25) is 0 Å². The lowest BCUT2D eigenvalue weighted by Gasteiger charge is -2.16. The summed E-state index contributed by atoms with van der Waals surface area (Å²) in [6, 6.07) is 4.57. The van der Waals surface area contributed by atoms with Gasteiger partial charge < -0.3 is 20.5 Å². The molecular weight excluding hydrogens is 208 g/mol. The lowest BCUT2D eigenvalue weighted by Crippen LogP contribution is -2.31. The molecule has 0 saturated carbocycles. The third-order valence-electron chi connectivity index (χ3n) is 2.25. The lowest BCUT2D eigenvalue weighted by molar-refractivity contribution is 0.0796. The molecule has 0 atom stereocenters. The van der Waals surface area contributed by atoms with Crippen molar-refractivity contribution < 1.29 is 14.6 Å². The summed E-state index contributed by atoms with van der Waals surface area (Å²) < 4.78 is 4.93. The van der Waals surface area contributed by atoms with Gasteiger partial charge in [0.25, 0.3) is 5.91 Å². The molecule has 0 aliphatic rings. The zero-order valence-electron chi connectivity index (χ0n) is 9.43. The van der Waals surface area contributed by atoms with Crippen molar-refractivity contribution in [3.8, 4) is 11.5 Å². The van der Waals surface area contributed by atoms with Crippen LogP contribution in [0, 0.1) is 0 Å². The first-order chi connectivity index (χ1) is 7.60. The van der Waals surface area contributed by atoms with Crippen molar-refractivity contribution in [1.29, 1.82) is 0 Å². The summed E-state index contributed by atoms with van der Waals surface area (Å²) in [6.07, 6.45) is 0. The van der Waals surface area contributed by atoms with Crippen molar-refractivity contribution in [1.82, 2.24) is 4.90 Å². The number of hydrogen-bond donors (Lipinski definition) is 2. The van der Waals surface area contributed by atoms with Crippen molar-refractivity contribution in [2.24, 2.45) is 5.73 Å². The summed E-state index contributed by atoms with van der Waals surface area (Å²) >= 11 is 0. The second-order valence-electron chi connectivity index (χ2n) is 3.40. The van der Waals surface area contributed by atoms with Gasteiger partial charge in [-0.3, -0.25) is 4.79 Å². The van der Waals surface area contributed by atoms with Crippen LogP contribution >= 0.6 is 0 Å². The maximum Gasteiger partial charge on any atom is 0.257 e. The molecule has 0 radical (unpaired) electrons. The number of rotatable bonds is 4. The molecule has 0 saturated heterocycles. The van der Waals surface area contributed by atoms with Gasteiger partial charge in [0.15, 0.2) is 0 Å². The van der Waals surface area contributed by atoms with Crippen LogP contribution in [0.25, 0.3) is 0 Å². The molecule has 1 aromatic carbocycles. The zero-order valence-corrected chi connectivity index (χ0v) is 9.43. The van der Waals surface area contributed by atoms with E-state index in [9.17, 15) is 9.90 Å². The highest BCUT2D eigenvalue weighted by Gasteiger charge is 2.15. The molecule has 0 aliphatic carbocycles. The minimum absolute atomic E-state index is 0.0896. The number of hydrogen-bond acceptors (Lipinski definition) is 4. The van der Waals surface area contributed by atoms with E-state index in [4.69, 9.17) is 10.5 Å². The zero-order chi connectivity index (χ0) is 12.1. The number of carbonyl (C=O) groups excluding carboxylic acids is 1. The van der Waals surface area contributed by atoms with E-state index >= 15 is 0 Å². The van der Waals surface area contributed by atoms with E-state index in [-0.39, 0.29) is 17.2 Å². The topological polar surface area (TPSA) is 75.8 Å². The molecule has 0 aliphatic heterocycles. The molecule has 0 aromatic heterocycles. The Kier molecular flexibility index (Phi) is 4.13. The minimum Gasteiger partial charge on any atom is -0.507 e. The smallest absolute Gasteiger partial charge is 0.257 e. The first kappa shape index (κ1) is 12.3. The Morgan fingerprint density at radius 3 is 2.75 bits per heavy atom. The number of methoxy groups -OCH3 is 1. The van der Waals surface area contributed by atoms with Crippen LogP contribution in [-0.2, 0) is 0 Å². The SMILES string of the molecule is COc1ccc(C(=O)N(C)CCN)c(O)c1. The standard InChI is InChI=1S/C11H16N2O3/c1-13(6-5-12)11(15)9-4-3-8(16-2)7-10(9)14/h3-4,7,14H,5-6,12H2,1-2H3. The molecule has 0 spiro atoms. The number of phenolic OH excluding ortho intramolecular Hbond substituents is 1. The number of benzene rings is 1. The van der Waals surface area contributed by atoms with Crippen LogP contribution in [-0.4, -0.2) is 43.2 Å². The average Bonchev–Trinajstić information content (AvgIpc) is 2.28. The first-order valence-electron chi connectivity index (χ1n) is 4.92. The van der Waals surface area contributed by atoms with E-state index in [1.165, 1.54) is 24.1 Å². The fourth-order valence-electron chi connectivity index (χ4n) is 1.32. The monoisotopic (exact) mass is 224 g/mol. The third-order valence-corrected chi connectivity index (χ3v) is 2.25.